The monoisotopic (exact) mass is 458 g/mol. The largest absolute Gasteiger partial charge is 0.416 e. The van der Waals surface area contributed by atoms with Gasteiger partial charge in [0.15, 0.2) is 5.16 Å². The first-order chi connectivity index (χ1) is 15.4. The quantitative estimate of drug-likeness (QED) is 0.357. The van der Waals surface area contributed by atoms with E-state index in [1.807, 2.05) is 31.6 Å². The number of nitrogens with zero attached hydrogens (tertiary/aromatic N) is 4. The van der Waals surface area contributed by atoms with Gasteiger partial charge in [-0.2, -0.15) is 13.2 Å². The van der Waals surface area contributed by atoms with Gasteiger partial charge in [-0.05, 0) is 55.1 Å². The van der Waals surface area contributed by atoms with E-state index in [0.29, 0.717) is 5.92 Å². The average Bonchev–Trinajstić information content (AvgIpc) is 3.16. The van der Waals surface area contributed by atoms with Gasteiger partial charge in [0.1, 0.15) is 0 Å². The molecule has 1 saturated heterocycles. The second-order valence-electron chi connectivity index (χ2n) is 8.80. The first kappa shape index (κ1) is 21.5. The van der Waals surface area contributed by atoms with Crippen molar-refractivity contribution in [1.82, 2.24) is 19.4 Å². The van der Waals surface area contributed by atoms with E-state index < -0.39 is 11.7 Å². The second-order valence-corrected chi connectivity index (χ2v) is 9.86. The Hall–Kier alpha value is -2.32. The minimum absolute atomic E-state index is 0.0650. The number of likely N-dealkylation sites (tertiary alicyclic amines) is 1. The van der Waals surface area contributed by atoms with Crippen LogP contribution in [-0.4, -0.2) is 44.8 Å². The van der Waals surface area contributed by atoms with Crippen LogP contribution < -0.4 is 0 Å². The van der Waals surface area contributed by atoms with Crippen molar-refractivity contribution in [2.24, 2.45) is 13.0 Å². The van der Waals surface area contributed by atoms with Crippen molar-refractivity contribution in [3.8, 4) is 11.3 Å². The third-order valence-corrected chi connectivity index (χ3v) is 7.89. The second kappa shape index (κ2) is 8.23. The maximum Gasteiger partial charge on any atom is 0.416 e. The number of rotatable bonds is 7. The highest BCUT2D eigenvalue weighted by Gasteiger charge is 2.60. The molecule has 1 aliphatic heterocycles. The van der Waals surface area contributed by atoms with E-state index >= 15 is 0 Å². The Labute approximate surface area is 189 Å². The van der Waals surface area contributed by atoms with E-state index in [9.17, 15) is 13.2 Å². The van der Waals surface area contributed by atoms with Crippen molar-refractivity contribution in [3.63, 3.8) is 0 Å². The first-order valence-corrected chi connectivity index (χ1v) is 11.8. The number of fused-ring (bicyclic) bond motifs is 1. The van der Waals surface area contributed by atoms with E-state index in [2.05, 4.69) is 19.4 Å². The summed E-state index contributed by atoms with van der Waals surface area (Å²) < 4.78 is 40.7. The highest BCUT2D eigenvalue weighted by atomic mass is 32.2. The predicted octanol–water partition coefficient (Wildman–Crippen LogP) is 5.26. The SMILES string of the molecule is Cn1c(-c2cccnc2)cnc1SCCCN1C[C@@H]2CC2(c2ccc(C(F)(F)F)cc2)C1. The maximum atomic E-state index is 12.9. The van der Waals surface area contributed by atoms with E-state index in [1.165, 1.54) is 12.1 Å². The van der Waals surface area contributed by atoms with Crippen LogP contribution in [0.15, 0.2) is 60.1 Å². The van der Waals surface area contributed by atoms with Gasteiger partial charge in [0.05, 0.1) is 17.5 Å². The molecule has 2 fully saturated rings. The Morgan fingerprint density at radius 2 is 1.97 bits per heavy atom. The molecule has 3 heterocycles. The number of pyridine rings is 1. The smallest absolute Gasteiger partial charge is 0.322 e. The fraction of sp³-hybridized carbons (Fsp3) is 0.417. The number of piperidine rings is 1. The molecular weight excluding hydrogens is 433 g/mol. The number of benzene rings is 1. The van der Waals surface area contributed by atoms with Crippen LogP contribution in [0.4, 0.5) is 13.2 Å². The van der Waals surface area contributed by atoms with Gasteiger partial charge in [0.25, 0.3) is 0 Å². The zero-order chi connectivity index (χ0) is 22.3. The molecule has 1 unspecified atom stereocenters. The number of hydrogen-bond donors (Lipinski definition) is 0. The third kappa shape index (κ3) is 4.06. The molecule has 0 bridgehead atoms. The van der Waals surface area contributed by atoms with Gasteiger partial charge in [0.2, 0.25) is 0 Å². The van der Waals surface area contributed by atoms with Crippen LogP contribution >= 0.6 is 11.8 Å². The zero-order valence-corrected chi connectivity index (χ0v) is 18.7. The Morgan fingerprint density at radius 3 is 2.69 bits per heavy atom. The van der Waals surface area contributed by atoms with Crippen molar-refractivity contribution in [2.45, 2.75) is 29.6 Å². The number of hydrogen-bond acceptors (Lipinski definition) is 4. The van der Waals surface area contributed by atoms with Gasteiger partial charge in [-0.3, -0.25) is 4.98 Å². The van der Waals surface area contributed by atoms with Gasteiger partial charge in [-0.1, -0.05) is 23.9 Å². The number of halogens is 3. The van der Waals surface area contributed by atoms with Crippen molar-refractivity contribution in [1.29, 1.82) is 0 Å². The van der Waals surface area contributed by atoms with Crippen LogP contribution in [0, 0.1) is 5.92 Å². The molecular formula is C24H25F3N4S. The Kier molecular flexibility index (Phi) is 5.53. The van der Waals surface area contributed by atoms with Crippen LogP contribution in [0.3, 0.4) is 0 Å². The lowest BCUT2D eigenvalue weighted by Gasteiger charge is -2.21. The molecule has 3 aromatic rings. The van der Waals surface area contributed by atoms with Crippen LogP contribution in [0.1, 0.15) is 24.0 Å². The molecule has 0 spiro atoms. The summed E-state index contributed by atoms with van der Waals surface area (Å²) in [6, 6.07) is 9.78. The van der Waals surface area contributed by atoms with Crippen LogP contribution in [0.2, 0.25) is 0 Å². The van der Waals surface area contributed by atoms with Gasteiger partial charge in [-0.15, -0.1) is 0 Å². The normalized spacial score (nSPS) is 22.8. The number of thioether (sulfide) groups is 1. The summed E-state index contributed by atoms with van der Waals surface area (Å²) >= 11 is 1.76. The lowest BCUT2D eigenvalue weighted by molar-refractivity contribution is -0.137. The predicted molar refractivity (Wildman–Crippen MR) is 119 cm³/mol. The lowest BCUT2D eigenvalue weighted by Crippen LogP contribution is -2.28. The van der Waals surface area contributed by atoms with Crippen molar-refractivity contribution in [2.75, 3.05) is 25.4 Å². The minimum atomic E-state index is -4.27. The summed E-state index contributed by atoms with van der Waals surface area (Å²) in [5.74, 6) is 1.55. The topological polar surface area (TPSA) is 34.0 Å². The van der Waals surface area contributed by atoms with Gasteiger partial charge >= 0.3 is 6.18 Å². The summed E-state index contributed by atoms with van der Waals surface area (Å²) in [5.41, 5.74) is 2.67. The van der Waals surface area contributed by atoms with E-state index in [-0.39, 0.29) is 5.41 Å². The van der Waals surface area contributed by atoms with E-state index in [1.54, 1.807) is 30.1 Å². The highest BCUT2D eigenvalue weighted by molar-refractivity contribution is 7.99. The summed E-state index contributed by atoms with van der Waals surface area (Å²) in [4.78, 5) is 11.2. The molecule has 2 aliphatic rings. The minimum Gasteiger partial charge on any atom is -0.322 e. The van der Waals surface area contributed by atoms with Crippen molar-refractivity contribution in [3.05, 3.63) is 66.1 Å². The maximum absolute atomic E-state index is 12.9. The standard InChI is InChI=1S/C24H25F3N4S/c1-30-21(17-4-2-9-28-13-17)14-29-22(30)32-11-3-10-31-15-20-12-23(20,16-31)18-5-7-19(8-6-18)24(25,26)27/h2,4-9,13-14,20H,3,10-12,15-16H2,1H3/t20-,23?/m0/s1. The summed E-state index contributed by atoms with van der Waals surface area (Å²) in [6.07, 6.45) is 3.37. The van der Waals surface area contributed by atoms with Crippen molar-refractivity contribution < 1.29 is 13.2 Å². The molecule has 4 nitrogen and oxygen atoms in total. The van der Waals surface area contributed by atoms with Crippen LogP contribution in [-0.2, 0) is 18.6 Å². The lowest BCUT2D eigenvalue weighted by atomic mass is 9.94. The van der Waals surface area contributed by atoms with E-state index in [0.717, 1.165) is 60.2 Å². The first-order valence-electron chi connectivity index (χ1n) is 10.8. The molecule has 1 saturated carbocycles. The molecule has 0 amide bonds. The molecule has 8 heteroatoms. The Bertz CT molecular complexity index is 1080. The summed E-state index contributed by atoms with van der Waals surface area (Å²) in [5, 5.41) is 0.995. The third-order valence-electron chi connectivity index (χ3n) is 6.76. The molecule has 32 heavy (non-hydrogen) atoms. The molecule has 5 rings (SSSR count). The number of imidazole rings is 1. The molecule has 2 aromatic heterocycles. The molecule has 0 N–H and O–H groups in total. The number of alkyl halides is 3. The highest BCUT2D eigenvalue weighted by Crippen LogP contribution is 2.59. The fourth-order valence-electron chi connectivity index (χ4n) is 4.96. The molecule has 1 aromatic carbocycles. The summed E-state index contributed by atoms with van der Waals surface area (Å²) in [7, 11) is 2.03. The van der Waals surface area contributed by atoms with E-state index in [4.69, 9.17) is 0 Å². The fourth-order valence-corrected chi connectivity index (χ4v) is 5.83. The van der Waals surface area contributed by atoms with Gasteiger partial charge < -0.3 is 9.47 Å². The average molecular weight is 459 g/mol. The Morgan fingerprint density at radius 1 is 1.16 bits per heavy atom. The Balaban J connectivity index is 1.12. The van der Waals surface area contributed by atoms with Crippen molar-refractivity contribution >= 4 is 11.8 Å². The zero-order valence-electron chi connectivity index (χ0n) is 17.8. The molecule has 1 aliphatic carbocycles. The summed E-state index contributed by atoms with van der Waals surface area (Å²) in [6.45, 7) is 2.99. The van der Waals surface area contributed by atoms with Crippen LogP contribution in [0.5, 0.6) is 0 Å². The molecule has 168 valence electrons. The van der Waals surface area contributed by atoms with Gasteiger partial charge in [0, 0.05) is 49.3 Å². The molecule has 0 radical (unpaired) electrons. The van der Waals surface area contributed by atoms with Crippen LogP contribution in [0.25, 0.3) is 11.3 Å². The van der Waals surface area contributed by atoms with Gasteiger partial charge in [-0.25, -0.2) is 4.98 Å². The number of aromatic nitrogens is 3. The molecule has 2 atom stereocenters.